The Morgan fingerprint density at radius 3 is 1.33 bits per heavy atom. The van der Waals surface area contributed by atoms with E-state index in [-0.39, 0.29) is 5.39 Å². The molecule has 0 N–H and O–H groups in total. The first kappa shape index (κ1) is 13.2. The van der Waals surface area contributed by atoms with Crippen LogP contribution in [0, 0.1) is 0 Å². The van der Waals surface area contributed by atoms with Crippen molar-refractivity contribution < 1.29 is 46.9 Å². The van der Waals surface area contributed by atoms with Gasteiger partial charge < -0.3 is 4.42 Å². The minimum absolute atomic E-state index is 0.376. The van der Waals surface area contributed by atoms with Crippen LogP contribution in [0.5, 0.6) is 0 Å². The van der Waals surface area contributed by atoms with Crippen molar-refractivity contribution in [3.8, 4) is 56.4 Å². The zero-order valence-corrected chi connectivity index (χ0v) is 27.2. The molecule has 11 rings (SSSR count). The van der Waals surface area contributed by atoms with Crippen molar-refractivity contribution in [2.24, 2.45) is 0 Å². The average molecular weight is 733 g/mol. The molecule has 2 heterocycles. The van der Waals surface area contributed by atoms with Crippen LogP contribution >= 0.6 is 0 Å². The molecule has 0 bridgehead atoms. The van der Waals surface area contributed by atoms with Gasteiger partial charge in [-0.25, -0.2) is 15.0 Å². The summed E-state index contributed by atoms with van der Waals surface area (Å²) < 4.78 is 283. The highest BCUT2D eigenvalue weighted by atomic mass is 16.3. The maximum Gasteiger partial charge on any atom is 0.164 e. The molecule has 0 aliphatic heterocycles. The summed E-state index contributed by atoms with van der Waals surface area (Å²) in [5.74, 6) is -2.73. The summed E-state index contributed by atoms with van der Waals surface area (Å²) in [4.78, 5) is 12.9. The monoisotopic (exact) mass is 732 g/mol. The Morgan fingerprint density at radius 1 is 0.273 bits per heavy atom. The number of hydrogen-bond acceptors (Lipinski definition) is 4. The highest BCUT2D eigenvalue weighted by molar-refractivity contribution is 6.25. The number of nitrogens with zero attached hydrogens (tertiary/aromatic N) is 3. The van der Waals surface area contributed by atoms with Gasteiger partial charge in [0, 0.05) is 27.5 Å². The van der Waals surface area contributed by atoms with Gasteiger partial charge >= 0.3 is 0 Å². The highest BCUT2D eigenvalue weighted by Crippen LogP contribution is 2.38. The van der Waals surface area contributed by atoms with Gasteiger partial charge in [-0.3, -0.25) is 0 Å². The SMILES string of the molecule is [2H]c1c([2H])c([2H])c(-c2nc(-c3c([2H])c([2H])c([2H])c(-c4c([2H])c([2H])c([2H])c(-c5c([2H])c([2H])c6c7c([2H])c([2H])c([2H])c([2H])c7c7c([2H])c([2H])c([2H])c([2H])c7c6c5[2H])c4[2H])c3[2H])nc(-c3c([2H])c([2H])c4c(oc5c([2H])c([2H])c([2H])c([2H])c54)c3[2H])n2)c([2H])c1[2H]. The topological polar surface area (TPSA) is 51.8 Å². The van der Waals surface area contributed by atoms with Crippen molar-refractivity contribution in [3.63, 3.8) is 0 Å². The molecule has 9 aromatic carbocycles. The van der Waals surface area contributed by atoms with E-state index in [1.807, 2.05) is 0 Å². The van der Waals surface area contributed by atoms with Gasteiger partial charge in [0.25, 0.3) is 0 Å². The molecule has 0 radical (unpaired) electrons. The Kier molecular flexibility index (Phi) is 3.02. The Morgan fingerprint density at radius 2 is 0.673 bits per heavy atom. The van der Waals surface area contributed by atoms with E-state index in [4.69, 9.17) is 31.8 Å². The average Bonchev–Trinajstić information content (AvgIpc) is 0.763. The maximum absolute atomic E-state index is 9.76. The number of para-hydroxylation sites is 1. The predicted molar refractivity (Wildman–Crippen MR) is 227 cm³/mol. The minimum atomic E-state index is -1.14. The molecular formula is C51H31N3O. The molecule has 0 saturated heterocycles. The van der Waals surface area contributed by atoms with Gasteiger partial charge in [-0.2, -0.15) is 0 Å². The normalized spacial score (nSPS) is 19.5. The van der Waals surface area contributed by atoms with E-state index >= 15 is 0 Å². The van der Waals surface area contributed by atoms with Crippen molar-refractivity contribution >= 4 is 54.3 Å². The van der Waals surface area contributed by atoms with E-state index < -0.39 is 293 Å². The predicted octanol–water partition coefficient (Wildman–Crippen LogP) is 13.6. The summed E-state index contributed by atoms with van der Waals surface area (Å²) in [6.45, 7) is 0. The van der Waals surface area contributed by atoms with Crippen LogP contribution in [0.1, 0.15) is 42.5 Å². The lowest BCUT2D eigenvalue weighted by Crippen LogP contribution is -2.00. The molecule has 11 aromatic rings. The third-order valence-corrected chi connectivity index (χ3v) is 8.38. The van der Waals surface area contributed by atoms with Crippen LogP contribution in [0.2, 0.25) is 0 Å². The maximum atomic E-state index is 9.76. The fourth-order valence-corrected chi connectivity index (χ4v) is 5.94. The first-order valence-corrected chi connectivity index (χ1v) is 16.0. The smallest absolute Gasteiger partial charge is 0.164 e. The molecule has 0 amide bonds. The van der Waals surface area contributed by atoms with Gasteiger partial charge in [-0.1, -0.05) is 151 Å². The van der Waals surface area contributed by atoms with E-state index in [1.54, 1.807) is 0 Å². The number of furan rings is 1. The standard InChI is InChI=1S/C51H31N3O/c1-2-12-32(13-3-1)49-52-50(54-51(53-49)38-25-27-45-44-22-8-9-23-47(44)55-48(45)31-38)37-17-11-16-35(29-37)33-14-10-15-34(28-33)36-24-26-43-41-20-5-4-18-39(41)40-19-6-7-21-42(40)46(43)30-36/h1-31H/i1D,2D,3D,4D,5D,6D,7D,8D,9D,10D,11D,12D,13D,14D,15D,16D,17D,18D,19D,20D,21D,22D,23D,24D,25D,26D,27D,28D,29D,30D,31D. The molecule has 256 valence electrons. The zero-order valence-electron chi connectivity index (χ0n) is 58.2. The van der Waals surface area contributed by atoms with Crippen molar-refractivity contribution in [2.75, 3.05) is 0 Å². The first-order chi connectivity index (χ1) is 40.2. The van der Waals surface area contributed by atoms with Gasteiger partial charge in [0.1, 0.15) is 11.2 Å². The molecule has 4 heteroatoms. The van der Waals surface area contributed by atoms with Crippen LogP contribution in [0.15, 0.2) is 192 Å². The Labute approximate surface area is 360 Å². The van der Waals surface area contributed by atoms with Gasteiger partial charge in [-0.05, 0) is 90.8 Å². The highest BCUT2D eigenvalue weighted by Gasteiger charge is 2.16. The van der Waals surface area contributed by atoms with Crippen LogP contribution in [-0.4, -0.2) is 15.0 Å². The third-order valence-electron chi connectivity index (χ3n) is 8.38. The molecule has 0 spiro atoms. The van der Waals surface area contributed by atoms with E-state index in [9.17, 15) is 15.1 Å². The van der Waals surface area contributed by atoms with E-state index in [0.717, 1.165) is 0 Å². The molecule has 0 atom stereocenters. The Bertz CT molecular complexity index is 5010. The largest absolute Gasteiger partial charge is 0.456 e. The minimum Gasteiger partial charge on any atom is -0.456 e. The van der Waals surface area contributed by atoms with Gasteiger partial charge in [0.15, 0.2) is 17.5 Å². The third kappa shape index (κ3) is 5.34. The van der Waals surface area contributed by atoms with Crippen molar-refractivity contribution in [1.29, 1.82) is 0 Å². The van der Waals surface area contributed by atoms with Gasteiger partial charge in [0.05, 0.1) is 42.5 Å². The molecule has 0 aliphatic rings. The zero-order chi connectivity index (χ0) is 63.3. The second-order valence-corrected chi connectivity index (χ2v) is 11.6. The fourth-order valence-electron chi connectivity index (χ4n) is 5.94. The number of aromatic nitrogens is 3. The lowest BCUT2D eigenvalue weighted by molar-refractivity contribution is 0.669. The van der Waals surface area contributed by atoms with Crippen LogP contribution in [-0.2, 0) is 0 Å². The summed E-state index contributed by atoms with van der Waals surface area (Å²) in [7, 11) is 0. The molecule has 2 aromatic heterocycles. The Hall–Kier alpha value is -7.43. The van der Waals surface area contributed by atoms with Crippen LogP contribution < -0.4 is 0 Å². The summed E-state index contributed by atoms with van der Waals surface area (Å²) in [5.41, 5.74) is -7.36. The summed E-state index contributed by atoms with van der Waals surface area (Å²) in [6.07, 6.45) is 0. The van der Waals surface area contributed by atoms with Crippen LogP contribution in [0.25, 0.3) is 111 Å². The first-order valence-electron chi connectivity index (χ1n) is 31.5. The molecule has 0 unspecified atom stereocenters. The number of rotatable bonds is 5. The Balaban J connectivity index is 1.25. The van der Waals surface area contributed by atoms with Crippen LogP contribution in [0.4, 0.5) is 0 Å². The number of benzene rings is 9. The van der Waals surface area contributed by atoms with Gasteiger partial charge in [-0.15, -0.1) is 0 Å². The lowest BCUT2D eigenvalue weighted by Gasteiger charge is -2.13. The van der Waals surface area contributed by atoms with Crippen molar-refractivity contribution in [1.82, 2.24) is 15.0 Å². The van der Waals surface area contributed by atoms with Gasteiger partial charge in [0.2, 0.25) is 0 Å². The van der Waals surface area contributed by atoms with E-state index in [1.165, 1.54) is 0 Å². The molecule has 4 nitrogen and oxygen atoms in total. The second kappa shape index (κ2) is 12.6. The number of fused-ring (bicyclic) bond motifs is 9. The van der Waals surface area contributed by atoms with E-state index in [0.29, 0.717) is 0 Å². The quantitative estimate of drug-likeness (QED) is 0.165. The fraction of sp³-hybridized carbons (Fsp3) is 0. The lowest BCUT2D eigenvalue weighted by atomic mass is 9.91. The number of hydrogen-bond donors (Lipinski definition) is 0. The van der Waals surface area contributed by atoms with Crippen molar-refractivity contribution in [2.45, 2.75) is 0 Å². The van der Waals surface area contributed by atoms with Crippen molar-refractivity contribution in [3.05, 3.63) is 187 Å². The summed E-state index contributed by atoms with van der Waals surface area (Å²) in [6, 6.07) is -28.9. The second-order valence-electron chi connectivity index (χ2n) is 11.6. The summed E-state index contributed by atoms with van der Waals surface area (Å²) in [5, 5.41) is -4.15. The molecule has 55 heavy (non-hydrogen) atoms. The summed E-state index contributed by atoms with van der Waals surface area (Å²) >= 11 is 0. The molecular weight excluding hydrogens is 671 g/mol. The molecule has 0 saturated carbocycles. The van der Waals surface area contributed by atoms with Crippen LogP contribution in [0.3, 0.4) is 0 Å². The molecule has 0 aliphatic carbocycles. The molecule has 0 fully saturated rings. The van der Waals surface area contributed by atoms with E-state index in [2.05, 4.69) is 15.0 Å².